The Balaban J connectivity index is 1.74. The Hall–Kier alpha value is -2.97. The zero-order valence-corrected chi connectivity index (χ0v) is 14.2. The van der Waals surface area contributed by atoms with Crippen molar-refractivity contribution in [3.05, 3.63) is 64.3 Å². The lowest BCUT2D eigenvalue weighted by molar-refractivity contribution is 0.0946. The fourth-order valence-electron chi connectivity index (χ4n) is 2.38. The maximum atomic E-state index is 13.2. The normalized spacial score (nSPS) is 10.7. The summed E-state index contributed by atoms with van der Waals surface area (Å²) in [4.78, 5) is 23.1. The van der Waals surface area contributed by atoms with Gasteiger partial charge >= 0.3 is 0 Å². The van der Waals surface area contributed by atoms with Crippen LogP contribution in [0.25, 0.3) is 11.3 Å². The molecular weight excluding hydrogens is 361 g/mol. The van der Waals surface area contributed by atoms with Crippen molar-refractivity contribution in [1.82, 2.24) is 20.3 Å². The van der Waals surface area contributed by atoms with Gasteiger partial charge in [0.1, 0.15) is 11.5 Å². The van der Waals surface area contributed by atoms with E-state index in [-0.39, 0.29) is 30.0 Å². The van der Waals surface area contributed by atoms with Crippen LogP contribution in [0.15, 0.2) is 36.7 Å². The van der Waals surface area contributed by atoms with Crippen LogP contribution in [0.2, 0.25) is 5.02 Å². The zero-order valence-electron chi connectivity index (χ0n) is 13.5. The monoisotopic (exact) mass is 375 g/mol. The first-order chi connectivity index (χ1) is 12.5. The van der Waals surface area contributed by atoms with Crippen molar-refractivity contribution in [2.45, 2.75) is 13.2 Å². The van der Waals surface area contributed by atoms with Crippen LogP contribution in [0, 0.1) is 5.82 Å². The van der Waals surface area contributed by atoms with Gasteiger partial charge in [0.15, 0.2) is 0 Å². The van der Waals surface area contributed by atoms with E-state index < -0.39 is 5.82 Å². The average Bonchev–Trinajstić information content (AvgIpc) is 3.12. The Morgan fingerprint density at radius 3 is 2.92 bits per heavy atom. The fourth-order valence-corrected chi connectivity index (χ4v) is 2.58. The van der Waals surface area contributed by atoms with Crippen molar-refractivity contribution in [3.63, 3.8) is 0 Å². The van der Waals surface area contributed by atoms with Crippen LogP contribution in [0.3, 0.4) is 0 Å². The SMILES string of the molecule is Nc1ncc(CO)c(-c2c[nH]c(C(=O)NCc3ccc(F)c(Cl)c3)c2)n1. The molecule has 0 aliphatic carbocycles. The molecule has 9 heteroatoms. The van der Waals surface area contributed by atoms with Crippen LogP contribution in [0.4, 0.5) is 10.3 Å². The molecule has 5 N–H and O–H groups in total. The number of nitrogens with one attached hydrogen (secondary N) is 2. The van der Waals surface area contributed by atoms with Crippen molar-refractivity contribution < 1.29 is 14.3 Å². The van der Waals surface area contributed by atoms with E-state index in [1.54, 1.807) is 18.3 Å². The van der Waals surface area contributed by atoms with Crippen LogP contribution >= 0.6 is 11.6 Å². The van der Waals surface area contributed by atoms with E-state index in [0.29, 0.717) is 28.1 Å². The molecule has 2 aromatic heterocycles. The second-order valence-corrected chi connectivity index (χ2v) is 5.90. The smallest absolute Gasteiger partial charge is 0.267 e. The van der Waals surface area contributed by atoms with Gasteiger partial charge in [0.2, 0.25) is 5.95 Å². The Labute approximate surface area is 153 Å². The molecule has 0 spiro atoms. The number of nitrogen functional groups attached to an aromatic ring is 1. The summed E-state index contributed by atoms with van der Waals surface area (Å²) in [7, 11) is 0. The minimum absolute atomic E-state index is 0.00297. The number of aromatic amines is 1. The molecule has 134 valence electrons. The number of hydrogen-bond donors (Lipinski definition) is 4. The summed E-state index contributed by atoms with van der Waals surface area (Å²) in [5.74, 6) is -0.804. The number of carbonyl (C=O) groups is 1. The average molecular weight is 376 g/mol. The van der Waals surface area contributed by atoms with Gasteiger partial charge in [-0.25, -0.2) is 14.4 Å². The van der Waals surface area contributed by atoms with Gasteiger partial charge in [-0.1, -0.05) is 17.7 Å². The number of halogens is 2. The third kappa shape index (κ3) is 3.81. The Kier molecular flexibility index (Phi) is 5.15. The van der Waals surface area contributed by atoms with Gasteiger partial charge < -0.3 is 21.1 Å². The van der Waals surface area contributed by atoms with Gasteiger partial charge in [-0.3, -0.25) is 4.79 Å². The molecule has 0 unspecified atom stereocenters. The summed E-state index contributed by atoms with van der Waals surface area (Å²) in [6.07, 6.45) is 3.02. The van der Waals surface area contributed by atoms with E-state index in [1.165, 1.54) is 18.3 Å². The molecule has 2 heterocycles. The molecule has 0 fully saturated rings. The third-order valence-corrected chi connectivity index (χ3v) is 3.98. The maximum absolute atomic E-state index is 13.2. The number of anilines is 1. The molecule has 0 saturated heterocycles. The highest BCUT2D eigenvalue weighted by molar-refractivity contribution is 6.30. The van der Waals surface area contributed by atoms with E-state index in [4.69, 9.17) is 17.3 Å². The molecular formula is C17H15ClFN5O2. The standard InChI is InChI=1S/C17H15ClFN5O2/c18-12-3-9(1-2-13(12)19)5-22-16(26)14-4-10(6-21-14)15-11(8-25)7-23-17(20)24-15/h1-4,6-7,21,25H,5,8H2,(H,22,26)(H2,20,23,24). The number of H-pyrrole nitrogens is 1. The van der Waals surface area contributed by atoms with E-state index >= 15 is 0 Å². The molecule has 0 aliphatic rings. The van der Waals surface area contributed by atoms with Gasteiger partial charge in [0.05, 0.1) is 17.3 Å². The number of aliphatic hydroxyl groups is 1. The second-order valence-electron chi connectivity index (χ2n) is 5.49. The van der Waals surface area contributed by atoms with Crippen molar-refractivity contribution >= 4 is 23.5 Å². The number of rotatable bonds is 5. The van der Waals surface area contributed by atoms with Crippen LogP contribution in [0.1, 0.15) is 21.6 Å². The summed E-state index contributed by atoms with van der Waals surface area (Å²) in [5, 5.41) is 12.1. The lowest BCUT2D eigenvalue weighted by atomic mass is 10.1. The Bertz CT molecular complexity index is 960. The number of nitrogens with two attached hydrogens (primary N) is 1. The van der Waals surface area contributed by atoms with Gasteiger partial charge in [-0.15, -0.1) is 0 Å². The highest BCUT2D eigenvalue weighted by Crippen LogP contribution is 2.23. The van der Waals surface area contributed by atoms with E-state index in [0.717, 1.165) is 0 Å². The van der Waals surface area contributed by atoms with Crippen molar-refractivity contribution in [1.29, 1.82) is 0 Å². The van der Waals surface area contributed by atoms with Crippen LogP contribution in [0.5, 0.6) is 0 Å². The molecule has 26 heavy (non-hydrogen) atoms. The zero-order chi connectivity index (χ0) is 18.7. The minimum Gasteiger partial charge on any atom is -0.392 e. The van der Waals surface area contributed by atoms with Gasteiger partial charge in [-0.05, 0) is 23.8 Å². The summed E-state index contributed by atoms with van der Waals surface area (Å²) in [6.45, 7) is -0.0663. The fraction of sp³-hybridized carbons (Fsp3) is 0.118. The first kappa shape index (κ1) is 17.8. The summed E-state index contributed by atoms with van der Waals surface area (Å²) >= 11 is 5.72. The predicted octanol–water partition coefficient (Wildman–Crippen LogP) is 2.27. The van der Waals surface area contributed by atoms with Crippen molar-refractivity contribution in [3.8, 4) is 11.3 Å². The molecule has 0 bridgehead atoms. The molecule has 0 atom stereocenters. The molecule has 1 aromatic carbocycles. The van der Waals surface area contributed by atoms with Gasteiger partial charge in [0, 0.05) is 30.1 Å². The van der Waals surface area contributed by atoms with E-state index in [2.05, 4.69) is 20.3 Å². The van der Waals surface area contributed by atoms with Gasteiger partial charge in [-0.2, -0.15) is 0 Å². The molecule has 3 rings (SSSR count). The van der Waals surface area contributed by atoms with Crippen molar-refractivity contribution in [2.75, 3.05) is 5.73 Å². The summed E-state index contributed by atoms with van der Waals surface area (Å²) < 4.78 is 13.2. The molecule has 1 amide bonds. The molecule has 7 nitrogen and oxygen atoms in total. The maximum Gasteiger partial charge on any atom is 0.267 e. The number of nitrogens with zero attached hydrogens (tertiary/aromatic N) is 2. The lowest BCUT2D eigenvalue weighted by Crippen LogP contribution is -2.23. The number of aromatic nitrogens is 3. The Morgan fingerprint density at radius 1 is 1.38 bits per heavy atom. The van der Waals surface area contributed by atoms with E-state index in [9.17, 15) is 14.3 Å². The largest absolute Gasteiger partial charge is 0.392 e. The number of aliphatic hydroxyl groups excluding tert-OH is 1. The second kappa shape index (κ2) is 7.51. The topological polar surface area (TPSA) is 117 Å². The first-order valence-electron chi connectivity index (χ1n) is 7.61. The third-order valence-electron chi connectivity index (χ3n) is 3.69. The van der Waals surface area contributed by atoms with Crippen LogP contribution in [-0.4, -0.2) is 26.0 Å². The highest BCUT2D eigenvalue weighted by atomic mass is 35.5. The molecule has 0 radical (unpaired) electrons. The lowest BCUT2D eigenvalue weighted by Gasteiger charge is -2.05. The Morgan fingerprint density at radius 2 is 2.19 bits per heavy atom. The number of carbonyl (C=O) groups excluding carboxylic acids is 1. The van der Waals surface area contributed by atoms with E-state index in [1.807, 2.05) is 0 Å². The molecule has 3 aromatic rings. The van der Waals surface area contributed by atoms with Gasteiger partial charge in [0.25, 0.3) is 5.91 Å². The molecule has 0 aliphatic heterocycles. The predicted molar refractivity (Wildman–Crippen MR) is 94.7 cm³/mol. The quantitative estimate of drug-likeness (QED) is 0.545. The highest BCUT2D eigenvalue weighted by Gasteiger charge is 2.14. The molecule has 0 saturated carbocycles. The number of hydrogen-bond acceptors (Lipinski definition) is 5. The minimum atomic E-state index is -0.514. The number of benzene rings is 1. The number of amides is 1. The summed E-state index contributed by atoms with van der Waals surface area (Å²) in [6, 6.07) is 5.83. The van der Waals surface area contributed by atoms with Crippen LogP contribution in [-0.2, 0) is 13.2 Å². The van der Waals surface area contributed by atoms with Crippen molar-refractivity contribution in [2.24, 2.45) is 0 Å². The van der Waals surface area contributed by atoms with Crippen LogP contribution < -0.4 is 11.1 Å². The first-order valence-corrected chi connectivity index (χ1v) is 7.99. The summed E-state index contributed by atoms with van der Waals surface area (Å²) in [5.41, 5.74) is 8.09.